The Bertz CT molecular complexity index is 407. The molecule has 0 heterocycles. The van der Waals surface area contributed by atoms with Crippen molar-refractivity contribution in [2.24, 2.45) is 0 Å². The Morgan fingerprint density at radius 3 is 2.37 bits per heavy atom. The molecule has 2 rings (SSSR count). The third kappa shape index (κ3) is 2.83. The van der Waals surface area contributed by atoms with E-state index in [4.69, 9.17) is 0 Å². The summed E-state index contributed by atoms with van der Waals surface area (Å²) >= 11 is 0. The van der Waals surface area contributed by atoms with E-state index in [1.807, 2.05) is 6.92 Å². The standard InChI is InChI=1S/C16H25NO2/c1-3-16(10-18,11-19)17-15-9-8-12(2)13-6-4-5-7-14(13)15/h4-7,12,15,17-19H,3,8-11H2,1-2H3. The minimum atomic E-state index is -0.571. The third-order valence-corrected chi connectivity index (χ3v) is 4.55. The van der Waals surface area contributed by atoms with E-state index in [1.165, 1.54) is 11.1 Å². The van der Waals surface area contributed by atoms with Gasteiger partial charge in [0.2, 0.25) is 0 Å². The summed E-state index contributed by atoms with van der Waals surface area (Å²) in [5.41, 5.74) is 2.14. The Morgan fingerprint density at radius 1 is 1.16 bits per heavy atom. The van der Waals surface area contributed by atoms with Crippen molar-refractivity contribution in [2.45, 2.75) is 50.6 Å². The molecule has 0 saturated carbocycles. The molecule has 2 unspecified atom stereocenters. The molecule has 3 nitrogen and oxygen atoms in total. The van der Waals surface area contributed by atoms with Crippen molar-refractivity contribution >= 4 is 0 Å². The van der Waals surface area contributed by atoms with Crippen LogP contribution in [-0.2, 0) is 0 Å². The zero-order valence-electron chi connectivity index (χ0n) is 11.9. The SMILES string of the molecule is CCC(CO)(CO)NC1CCC(C)c2ccccc21. The van der Waals surface area contributed by atoms with Crippen LogP contribution in [-0.4, -0.2) is 29.0 Å². The number of rotatable bonds is 5. The molecule has 1 aromatic rings. The molecule has 1 aromatic carbocycles. The third-order valence-electron chi connectivity index (χ3n) is 4.55. The number of fused-ring (bicyclic) bond motifs is 1. The molecule has 0 spiro atoms. The lowest BCUT2D eigenvalue weighted by molar-refractivity contribution is 0.0747. The normalized spacial score (nSPS) is 23.2. The minimum Gasteiger partial charge on any atom is -0.394 e. The van der Waals surface area contributed by atoms with E-state index in [0.717, 1.165) is 12.8 Å². The molecular formula is C16H25NO2. The smallest absolute Gasteiger partial charge is 0.0650 e. The highest BCUT2D eigenvalue weighted by molar-refractivity contribution is 5.35. The Kier molecular flexibility index (Phi) is 4.61. The predicted octanol–water partition coefficient (Wildman–Crippen LogP) is 2.35. The summed E-state index contributed by atoms with van der Waals surface area (Å²) < 4.78 is 0. The van der Waals surface area contributed by atoms with Crippen LogP contribution in [0.1, 0.15) is 56.2 Å². The molecule has 19 heavy (non-hydrogen) atoms. The molecule has 1 aliphatic carbocycles. The fraction of sp³-hybridized carbons (Fsp3) is 0.625. The topological polar surface area (TPSA) is 52.5 Å². The van der Waals surface area contributed by atoms with Crippen LogP contribution < -0.4 is 5.32 Å². The van der Waals surface area contributed by atoms with Crippen molar-refractivity contribution in [3.63, 3.8) is 0 Å². The second-order valence-electron chi connectivity index (χ2n) is 5.75. The van der Waals surface area contributed by atoms with E-state index in [2.05, 4.69) is 36.5 Å². The van der Waals surface area contributed by atoms with E-state index in [-0.39, 0.29) is 19.3 Å². The lowest BCUT2D eigenvalue weighted by Crippen LogP contribution is -2.53. The van der Waals surface area contributed by atoms with Gasteiger partial charge in [-0.15, -0.1) is 0 Å². The van der Waals surface area contributed by atoms with Crippen LogP contribution >= 0.6 is 0 Å². The summed E-state index contributed by atoms with van der Waals surface area (Å²) in [6.07, 6.45) is 2.92. The highest BCUT2D eigenvalue weighted by atomic mass is 16.3. The first kappa shape index (κ1) is 14.5. The first-order chi connectivity index (χ1) is 9.15. The van der Waals surface area contributed by atoms with Crippen molar-refractivity contribution in [3.8, 4) is 0 Å². The largest absolute Gasteiger partial charge is 0.394 e. The van der Waals surface area contributed by atoms with Gasteiger partial charge in [-0.25, -0.2) is 0 Å². The maximum atomic E-state index is 9.58. The van der Waals surface area contributed by atoms with Gasteiger partial charge in [0.1, 0.15) is 0 Å². The maximum absolute atomic E-state index is 9.58. The van der Waals surface area contributed by atoms with Crippen molar-refractivity contribution in [1.29, 1.82) is 0 Å². The Morgan fingerprint density at radius 2 is 1.79 bits per heavy atom. The molecule has 3 heteroatoms. The highest BCUT2D eigenvalue weighted by Crippen LogP contribution is 2.38. The quantitative estimate of drug-likeness (QED) is 0.764. The first-order valence-corrected chi connectivity index (χ1v) is 7.24. The minimum absolute atomic E-state index is 0.0335. The molecule has 0 radical (unpaired) electrons. The average Bonchev–Trinajstić information content (AvgIpc) is 2.48. The second kappa shape index (κ2) is 6.04. The second-order valence-corrected chi connectivity index (χ2v) is 5.75. The maximum Gasteiger partial charge on any atom is 0.0650 e. The average molecular weight is 263 g/mol. The summed E-state index contributed by atoms with van der Waals surface area (Å²) in [7, 11) is 0. The summed E-state index contributed by atoms with van der Waals surface area (Å²) in [5.74, 6) is 0.591. The van der Waals surface area contributed by atoms with Crippen LogP contribution in [0.5, 0.6) is 0 Å². The molecule has 0 amide bonds. The zero-order chi connectivity index (χ0) is 13.9. The van der Waals surface area contributed by atoms with E-state index in [9.17, 15) is 10.2 Å². The number of nitrogens with one attached hydrogen (secondary N) is 1. The summed E-state index contributed by atoms with van der Waals surface area (Å²) in [5, 5.41) is 22.7. The van der Waals surface area contributed by atoms with Crippen molar-refractivity contribution in [1.82, 2.24) is 5.32 Å². The number of hydrogen-bond acceptors (Lipinski definition) is 3. The fourth-order valence-corrected chi connectivity index (χ4v) is 2.99. The fourth-order valence-electron chi connectivity index (χ4n) is 2.99. The molecule has 0 bridgehead atoms. The van der Waals surface area contributed by atoms with E-state index in [0.29, 0.717) is 12.3 Å². The monoisotopic (exact) mass is 263 g/mol. The summed E-state index contributed by atoms with van der Waals surface area (Å²) in [6.45, 7) is 4.19. The van der Waals surface area contributed by atoms with E-state index in [1.54, 1.807) is 0 Å². The van der Waals surface area contributed by atoms with Gasteiger partial charge < -0.3 is 15.5 Å². The molecule has 0 aromatic heterocycles. The van der Waals surface area contributed by atoms with Gasteiger partial charge in [0.15, 0.2) is 0 Å². The Balaban J connectivity index is 2.25. The summed E-state index contributed by atoms with van der Waals surface area (Å²) in [4.78, 5) is 0. The van der Waals surface area contributed by atoms with Crippen LogP contribution in [0.4, 0.5) is 0 Å². The number of aliphatic hydroxyl groups excluding tert-OH is 2. The molecule has 106 valence electrons. The van der Waals surface area contributed by atoms with Crippen LogP contribution in [0, 0.1) is 0 Å². The molecule has 3 N–H and O–H groups in total. The Hall–Kier alpha value is -0.900. The lowest BCUT2D eigenvalue weighted by atomic mass is 9.80. The highest BCUT2D eigenvalue weighted by Gasteiger charge is 2.33. The van der Waals surface area contributed by atoms with Crippen LogP contribution in [0.15, 0.2) is 24.3 Å². The first-order valence-electron chi connectivity index (χ1n) is 7.24. The zero-order valence-corrected chi connectivity index (χ0v) is 11.9. The van der Waals surface area contributed by atoms with Crippen LogP contribution in [0.2, 0.25) is 0 Å². The van der Waals surface area contributed by atoms with Crippen LogP contribution in [0.25, 0.3) is 0 Å². The van der Waals surface area contributed by atoms with E-state index < -0.39 is 5.54 Å². The molecule has 0 saturated heterocycles. The van der Waals surface area contributed by atoms with Crippen molar-refractivity contribution < 1.29 is 10.2 Å². The van der Waals surface area contributed by atoms with Gasteiger partial charge in [0.25, 0.3) is 0 Å². The molecule has 0 fully saturated rings. The van der Waals surface area contributed by atoms with Crippen LogP contribution in [0.3, 0.4) is 0 Å². The molecular weight excluding hydrogens is 238 g/mol. The van der Waals surface area contributed by atoms with Gasteiger partial charge in [-0.2, -0.15) is 0 Å². The molecule has 2 atom stereocenters. The van der Waals surface area contributed by atoms with Gasteiger partial charge in [-0.05, 0) is 36.3 Å². The number of aliphatic hydroxyl groups is 2. The van der Waals surface area contributed by atoms with Gasteiger partial charge in [-0.1, -0.05) is 38.1 Å². The van der Waals surface area contributed by atoms with Gasteiger partial charge >= 0.3 is 0 Å². The van der Waals surface area contributed by atoms with E-state index >= 15 is 0 Å². The Labute approximate surface area is 115 Å². The molecule has 0 aliphatic heterocycles. The van der Waals surface area contributed by atoms with Crippen molar-refractivity contribution in [2.75, 3.05) is 13.2 Å². The predicted molar refractivity (Wildman–Crippen MR) is 77.2 cm³/mol. The van der Waals surface area contributed by atoms with Crippen molar-refractivity contribution in [3.05, 3.63) is 35.4 Å². The lowest BCUT2D eigenvalue weighted by Gasteiger charge is -2.38. The molecule has 1 aliphatic rings. The number of benzene rings is 1. The van der Waals surface area contributed by atoms with Gasteiger partial charge in [-0.3, -0.25) is 0 Å². The summed E-state index contributed by atoms with van der Waals surface area (Å²) in [6, 6.07) is 8.74. The number of hydrogen-bond donors (Lipinski definition) is 3. The van der Waals surface area contributed by atoms with Gasteiger partial charge in [0.05, 0.1) is 18.8 Å². The van der Waals surface area contributed by atoms with Gasteiger partial charge in [0, 0.05) is 6.04 Å².